The van der Waals surface area contributed by atoms with Crippen LogP contribution < -0.4 is 4.90 Å². The third kappa shape index (κ3) is 3.46. The highest BCUT2D eigenvalue weighted by Gasteiger charge is 2.37. The van der Waals surface area contributed by atoms with Gasteiger partial charge in [0.15, 0.2) is 0 Å². The normalized spacial score (nSPS) is 29.8. The van der Waals surface area contributed by atoms with E-state index in [9.17, 15) is 9.90 Å². The molecule has 3 aliphatic rings. The van der Waals surface area contributed by atoms with Gasteiger partial charge in [0.2, 0.25) is 5.91 Å². The van der Waals surface area contributed by atoms with E-state index < -0.39 is 0 Å². The van der Waals surface area contributed by atoms with Crippen molar-refractivity contribution in [2.24, 2.45) is 5.92 Å². The molecule has 1 saturated heterocycles. The number of nitrogens with zero attached hydrogens (tertiary/aromatic N) is 2. The second-order valence-electron chi connectivity index (χ2n) is 7.51. The van der Waals surface area contributed by atoms with Crippen molar-refractivity contribution >= 4 is 11.6 Å². The fourth-order valence-electron chi connectivity index (χ4n) is 4.72. The van der Waals surface area contributed by atoms with Gasteiger partial charge in [-0.25, -0.2) is 0 Å². The summed E-state index contributed by atoms with van der Waals surface area (Å²) in [7, 11) is 0. The maximum absolute atomic E-state index is 12.8. The fourth-order valence-corrected chi connectivity index (χ4v) is 4.72. The number of morpholine rings is 1. The number of anilines is 1. The van der Waals surface area contributed by atoms with Gasteiger partial charge in [0.05, 0.1) is 19.3 Å². The van der Waals surface area contributed by atoms with Gasteiger partial charge in [0, 0.05) is 43.7 Å². The topological polar surface area (TPSA) is 53.0 Å². The average Bonchev–Trinajstić information content (AvgIpc) is 3.26. The van der Waals surface area contributed by atoms with Crippen molar-refractivity contribution in [2.75, 3.05) is 37.7 Å². The van der Waals surface area contributed by atoms with Crippen molar-refractivity contribution in [3.63, 3.8) is 0 Å². The van der Waals surface area contributed by atoms with Crippen molar-refractivity contribution < 1.29 is 14.6 Å². The number of para-hydroxylation sites is 1. The Morgan fingerprint density at radius 1 is 1.24 bits per heavy atom. The highest BCUT2D eigenvalue weighted by Crippen LogP contribution is 2.32. The zero-order valence-corrected chi connectivity index (χ0v) is 14.8. The highest BCUT2D eigenvalue weighted by molar-refractivity contribution is 5.95. The van der Waals surface area contributed by atoms with E-state index in [1.807, 2.05) is 23.1 Å². The lowest BCUT2D eigenvalue weighted by Gasteiger charge is -2.40. The first-order valence-corrected chi connectivity index (χ1v) is 9.62. The van der Waals surface area contributed by atoms with E-state index in [-0.39, 0.29) is 18.1 Å². The summed E-state index contributed by atoms with van der Waals surface area (Å²) >= 11 is 0. The summed E-state index contributed by atoms with van der Waals surface area (Å²) in [5, 5.41) is 10.3. The summed E-state index contributed by atoms with van der Waals surface area (Å²) in [6.07, 6.45) is 4.34. The number of carbonyl (C=O) groups is 1. The van der Waals surface area contributed by atoms with Crippen LogP contribution >= 0.6 is 0 Å². The van der Waals surface area contributed by atoms with Gasteiger partial charge in [-0.1, -0.05) is 24.6 Å². The van der Waals surface area contributed by atoms with Gasteiger partial charge in [-0.2, -0.15) is 0 Å². The van der Waals surface area contributed by atoms with Crippen LogP contribution in [0, 0.1) is 5.92 Å². The smallest absolute Gasteiger partial charge is 0.228 e. The number of hydrogen-bond donors (Lipinski definition) is 1. The molecule has 2 aliphatic heterocycles. The van der Waals surface area contributed by atoms with Gasteiger partial charge < -0.3 is 14.7 Å². The predicted octanol–water partition coefficient (Wildman–Crippen LogP) is 1.83. The van der Waals surface area contributed by atoms with Crippen LogP contribution in [0.3, 0.4) is 0 Å². The molecular formula is C20H28N2O3. The number of benzene rings is 1. The highest BCUT2D eigenvalue weighted by atomic mass is 16.5. The van der Waals surface area contributed by atoms with Gasteiger partial charge in [-0.3, -0.25) is 9.69 Å². The SMILES string of the molecule is O=C(CCN1CCOC[C@@H]1[C@@H]1CCC[C@H]1O)N1CCc2ccccc21. The molecule has 2 fully saturated rings. The molecule has 0 aromatic heterocycles. The fraction of sp³-hybridized carbons (Fsp3) is 0.650. The maximum atomic E-state index is 12.8. The molecule has 4 rings (SSSR count). The van der Waals surface area contributed by atoms with Gasteiger partial charge in [0.1, 0.15) is 0 Å². The van der Waals surface area contributed by atoms with E-state index in [1.54, 1.807) is 0 Å². The molecule has 1 aliphatic carbocycles. The summed E-state index contributed by atoms with van der Waals surface area (Å²) < 4.78 is 5.68. The van der Waals surface area contributed by atoms with Gasteiger partial charge in [0.25, 0.3) is 0 Å². The van der Waals surface area contributed by atoms with E-state index in [1.165, 1.54) is 5.56 Å². The molecule has 136 valence electrons. The molecule has 5 heteroatoms. The molecule has 3 atom stereocenters. The number of carbonyl (C=O) groups excluding carboxylic acids is 1. The second-order valence-corrected chi connectivity index (χ2v) is 7.51. The first-order valence-electron chi connectivity index (χ1n) is 9.62. The lowest BCUT2D eigenvalue weighted by Crippen LogP contribution is -2.52. The lowest BCUT2D eigenvalue weighted by atomic mass is 9.94. The molecule has 1 aromatic rings. The summed E-state index contributed by atoms with van der Waals surface area (Å²) in [4.78, 5) is 17.1. The van der Waals surface area contributed by atoms with Crippen LogP contribution in [0.1, 0.15) is 31.2 Å². The molecular weight excluding hydrogens is 316 g/mol. The third-order valence-electron chi connectivity index (χ3n) is 6.11. The Bertz CT molecular complexity index is 621. The predicted molar refractivity (Wildman–Crippen MR) is 96.6 cm³/mol. The molecule has 0 bridgehead atoms. The zero-order chi connectivity index (χ0) is 17.2. The molecule has 2 heterocycles. The molecule has 0 spiro atoms. The van der Waals surface area contributed by atoms with Crippen LogP contribution in [0.15, 0.2) is 24.3 Å². The molecule has 1 saturated carbocycles. The summed E-state index contributed by atoms with van der Waals surface area (Å²) in [6.45, 7) is 3.82. The van der Waals surface area contributed by atoms with E-state index in [0.29, 0.717) is 18.9 Å². The van der Waals surface area contributed by atoms with Crippen molar-refractivity contribution in [2.45, 2.75) is 44.2 Å². The third-order valence-corrected chi connectivity index (χ3v) is 6.11. The minimum Gasteiger partial charge on any atom is -0.393 e. The van der Waals surface area contributed by atoms with Crippen LogP contribution in [0.25, 0.3) is 0 Å². The Morgan fingerprint density at radius 3 is 2.96 bits per heavy atom. The molecule has 1 N–H and O–H groups in total. The lowest BCUT2D eigenvalue weighted by molar-refractivity contribution is -0.119. The van der Waals surface area contributed by atoms with E-state index in [2.05, 4.69) is 11.0 Å². The maximum Gasteiger partial charge on any atom is 0.228 e. The monoisotopic (exact) mass is 344 g/mol. The minimum absolute atomic E-state index is 0.210. The van der Waals surface area contributed by atoms with E-state index in [0.717, 1.165) is 57.6 Å². The number of aliphatic hydroxyl groups excluding tert-OH is 1. The number of amides is 1. The minimum atomic E-state index is -0.213. The quantitative estimate of drug-likeness (QED) is 0.905. The van der Waals surface area contributed by atoms with Crippen molar-refractivity contribution in [1.82, 2.24) is 4.90 Å². The summed E-state index contributed by atoms with van der Waals surface area (Å²) in [5.41, 5.74) is 2.35. The molecule has 5 nitrogen and oxygen atoms in total. The van der Waals surface area contributed by atoms with Crippen LogP contribution in [-0.4, -0.2) is 60.9 Å². The average molecular weight is 344 g/mol. The molecule has 1 amide bonds. The first kappa shape index (κ1) is 17.0. The standard InChI is InChI=1S/C20H28N2O3/c23-19-7-3-5-16(19)18-14-25-13-12-21(18)10-9-20(24)22-11-8-15-4-1-2-6-17(15)22/h1-2,4,6,16,18-19,23H,3,5,7-14H2/t16-,18+,19+/m0/s1. The number of ether oxygens (including phenoxy) is 1. The van der Waals surface area contributed by atoms with Crippen LogP contribution in [0.4, 0.5) is 5.69 Å². The first-order chi connectivity index (χ1) is 12.2. The second kappa shape index (κ2) is 7.44. The Balaban J connectivity index is 1.37. The number of rotatable bonds is 4. The number of fused-ring (bicyclic) bond motifs is 1. The van der Waals surface area contributed by atoms with Crippen molar-refractivity contribution in [1.29, 1.82) is 0 Å². The Kier molecular flexibility index (Phi) is 5.06. The summed E-state index contributed by atoms with van der Waals surface area (Å²) in [5.74, 6) is 0.505. The van der Waals surface area contributed by atoms with E-state index in [4.69, 9.17) is 4.74 Å². The van der Waals surface area contributed by atoms with Gasteiger partial charge >= 0.3 is 0 Å². The van der Waals surface area contributed by atoms with Crippen LogP contribution in [-0.2, 0) is 16.0 Å². The number of aliphatic hydroxyl groups is 1. The van der Waals surface area contributed by atoms with Crippen molar-refractivity contribution in [3.05, 3.63) is 29.8 Å². The van der Waals surface area contributed by atoms with Gasteiger partial charge in [-0.15, -0.1) is 0 Å². The molecule has 0 unspecified atom stereocenters. The van der Waals surface area contributed by atoms with Crippen molar-refractivity contribution in [3.8, 4) is 0 Å². The zero-order valence-electron chi connectivity index (χ0n) is 14.8. The number of hydrogen-bond acceptors (Lipinski definition) is 4. The largest absolute Gasteiger partial charge is 0.393 e. The van der Waals surface area contributed by atoms with E-state index >= 15 is 0 Å². The molecule has 25 heavy (non-hydrogen) atoms. The Hall–Kier alpha value is -1.43. The molecule has 0 radical (unpaired) electrons. The van der Waals surface area contributed by atoms with Crippen LogP contribution in [0.5, 0.6) is 0 Å². The Morgan fingerprint density at radius 2 is 2.12 bits per heavy atom. The molecule has 1 aromatic carbocycles. The Labute approximate surface area is 149 Å². The summed E-state index contributed by atoms with van der Waals surface area (Å²) in [6, 6.07) is 8.46. The van der Waals surface area contributed by atoms with Crippen LogP contribution in [0.2, 0.25) is 0 Å². The van der Waals surface area contributed by atoms with Gasteiger partial charge in [-0.05, 0) is 30.9 Å².